The third-order valence-corrected chi connectivity index (χ3v) is 7.30. The summed E-state index contributed by atoms with van der Waals surface area (Å²) in [5.74, 6) is 0.944. The maximum Gasteiger partial charge on any atom is 0.195 e. The summed E-state index contributed by atoms with van der Waals surface area (Å²) < 4.78 is 11.0. The van der Waals surface area contributed by atoms with E-state index in [9.17, 15) is 4.79 Å². The van der Waals surface area contributed by atoms with Gasteiger partial charge in [0.25, 0.3) is 0 Å². The van der Waals surface area contributed by atoms with Gasteiger partial charge >= 0.3 is 0 Å². The molecule has 192 valence electrons. The van der Waals surface area contributed by atoms with Crippen molar-refractivity contribution in [2.45, 2.75) is 32.6 Å². The predicted octanol–water partition coefficient (Wildman–Crippen LogP) is 6.96. The van der Waals surface area contributed by atoms with Crippen LogP contribution in [-0.4, -0.2) is 32.4 Å². The van der Waals surface area contributed by atoms with Crippen LogP contribution in [0.25, 0.3) is 34.2 Å². The summed E-state index contributed by atoms with van der Waals surface area (Å²) >= 11 is 1.63. The number of rotatable bonds is 10. The molecule has 1 aliphatic rings. The van der Waals surface area contributed by atoms with Gasteiger partial charge in [0.1, 0.15) is 5.76 Å². The Morgan fingerprint density at radius 3 is 2.81 bits per heavy atom. The lowest BCUT2D eigenvalue weighted by molar-refractivity contribution is 0.222. The molecule has 6 heteroatoms. The molecule has 1 aliphatic carbocycles. The van der Waals surface area contributed by atoms with E-state index in [0.717, 1.165) is 60.4 Å². The summed E-state index contributed by atoms with van der Waals surface area (Å²) in [6, 6.07) is 7.79. The molecule has 0 unspecified atom stereocenters. The number of aromatic nitrogens is 1. The topological polar surface area (TPSA) is 60.5 Å². The molecule has 2 heterocycles. The quantitative estimate of drug-likeness (QED) is 0.317. The summed E-state index contributed by atoms with van der Waals surface area (Å²) in [6.07, 6.45) is 11.6. The number of fused-ring (bicyclic) bond motifs is 1. The van der Waals surface area contributed by atoms with Crippen molar-refractivity contribution >= 4 is 34.4 Å². The first-order valence-electron chi connectivity index (χ1n) is 12.5. The number of thiophene rings is 1. The van der Waals surface area contributed by atoms with Crippen LogP contribution in [0, 0.1) is 0 Å². The number of methoxy groups -OCH3 is 2. The summed E-state index contributed by atoms with van der Waals surface area (Å²) in [4.78, 5) is 18.3. The van der Waals surface area contributed by atoms with Crippen molar-refractivity contribution in [2.24, 2.45) is 0 Å². The number of nitrogens with one attached hydrogen (secondary N) is 1. The Balaban J connectivity index is 1.59. The molecule has 0 saturated heterocycles. The largest absolute Gasteiger partial charge is 0.497 e. The highest BCUT2D eigenvalue weighted by Crippen LogP contribution is 2.26. The van der Waals surface area contributed by atoms with E-state index in [4.69, 9.17) is 9.47 Å². The molecule has 0 bridgehead atoms. The lowest BCUT2D eigenvalue weighted by atomic mass is 10.0. The van der Waals surface area contributed by atoms with Gasteiger partial charge in [0.2, 0.25) is 0 Å². The van der Waals surface area contributed by atoms with Crippen molar-refractivity contribution < 1.29 is 9.47 Å². The summed E-state index contributed by atoms with van der Waals surface area (Å²) in [7, 11) is 3.45. The number of nitrogens with zero attached hydrogens (tertiary/aromatic N) is 1. The van der Waals surface area contributed by atoms with Crippen LogP contribution in [0.3, 0.4) is 0 Å². The van der Waals surface area contributed by atoms with E-state index >= 15 is 0 Å². The van der Waals surface area contributed by atoms with E-state index in [2.05, 4.69) is 28.3 Å². The number of allylic oxidation sites excluding steroid dienone is 2. The first-order chi connectivity index (χ1) is 18.0. The molecular formula is C31H34N2O3S. The van der Waals surface area contributed by atoms with Gasteiger partial charge in [-0.3, -0.25) is 9.78 Å². The van der Waals surface area contributed by atoms with E-state index in [1.54, 1.807) is 31.6 Å². The van der Waals surface area contributed by atoms with Gasteiger partial charge in [-0.05, 0) is 96.0 Å². The fourth-order valence-corrected chi connectivity index (χ4v) is 5.34. The minimum absolute atomic E-state index is 0.0513. The SMILES string of the molecule is C=Cc1ccc2ncc(-c3ccsc3)cc2c(=O)c1/C=C(\C)NCCC1=C(OC)C=C(COC)CCC1. The van der Waals surface area contributed by atoms with Crippen molar-refractivity contribution in [3.63, 3.8) is 0 Å². The number of hydrogen-bond donors (Lipinski definition) is 1. The highest BCUT2D eigenvalue weighted by atomic mass is 32.1. The van der Waals surface area contributed by atoms with Gasteiger partial charge in [-0.25, -0.2) is 0 Å². The molecule has 1 aromatic carbocycles. The van der Waals surface area contributed by atoms with Gasteiger partial charge < -0.3 is 14.8 Å². The fraction of sp³-hybridized carbons (Fsp3) is 0.290. The van der Waals surface area contributed by atoms with Crippen LogP contribution < -0.4 is 10.7 Å². The molecule has 37 heavy (non-hydrogen) atoms. The van der Waals surface area contributed by atoms with E-state index in [0.29, 0.717) is 23.1 Å². The average Bonchev–Trinajstić information content (AvgIpc) is 3.33. The van der Waals surface area contributed by atoms with Crippen LogP contribution in [0.4, 0.5) is 0 Å². The zero-order valence-corrected chi connectivity index (χ0v) is 22.6. The van der Waals surface area contributed by atoms with Crippen LogP contribution >= 0.6 is 11.3 Å². The maximum absolute atomic E-state index is 13.7. The Morgan fingerprint density at radius 1 is 1.22 bits per heavy atom. The standard InChI is InChI=1S/C31H34N2O3S/c1-5-23-9-10-29-28(17-26(18-33-29)25-12-14-37-20-25)31(34)27(23)15-21(2)32-13-11-24-8-6-7-22(19-35-3)16-30(24)36-4/h5,9-10,12,14-18,20,32H,1,6-8,11,13,19H2,2-4H3/b21-15+. The molecule has 0 atom stereocenters. The van der Waals surface area contributed by atoms with E-state index in [1.807, 2.05) is 48.8 Å². The molecule has 3 aromatic rings. The molecule has 0 amide bonds. The summed E-state index contributed by atoms with van der Waals surface area (Å²) in [6.45, 7) is 7.32. The van der Waals surface area contributed by atoms with Crippen molar-refractivity contribution in [2.75, 3.05) is 27.4 Å². The Bertz CT molecular complexity index is 1410. The second-order valence-electron chi connectivity index (χ2n) is 9.17. The molecule has 0 aliphatic heterocycles. The van der Waals surface area contributed by atoms with Gasteiger partial charge in [0.05, 0.1) is 19.2 Å². The van der Waals surface area contributed by atoms with Crippen LogP contribution in [0.2, 0.25) is 0 Å². The van der Waals surface area contributed by atoms with Crippen LogP contribution in [0.15, 0.2) is 81.3 Å². The predicted molar refractivity (Wildman–Crippen MR) is 156 cm³/mol. The minimum atomic E-state index is -0.0513. The van der Waals surface area contributed by atoms with E-state index in [-0.39, 0.29) is 5.43 Å². The zero-order chi connectivity index (χ0) is 26.2. The molecular weight excluding hydrogens is 480 g/mol. The van der Waals surface area contributed by atoms with Crippen LogP contribution in [0.5, 0.6) is 0 Å². The normalized spacial score (nSPS) is 14.4. The summed E-state index contributed by atoms with van der Waals surface area (Å²) in [5.41, 5.74) is 7.50. The lowest BCUT2D eigenvalue weighted by Crippen LogP contribution is -2.15. The first-order valence-corrected chi connectivity index (χ1v) is 13.5. The second kappa shape index (κ2) is 12.7. The molecule has 4 rings (SSSR count). The van der Waals surface area contributed by atoms with Crippen molar-refractivity contribution in [3.05, 3.63) is 97.8 Å². The average molecular weight is 515 g/mol. The second-order valence-corrected chi connectivity index (χ2v) is 9.95. The molecule has 5 nitrogen and oxygen atoms in total. The van der Waals surface area contributed by atoms with Gasteiger partial charge in [0, 0.05) is 42.1 Å². The smallest absolute Gasteiger partial charge is 0.195 e. The van der Waals surface area contributed by atoms with Crippen molar-refractivity contribution in [3.8, 4) is 11.1 Å². The monoisotopic (exact) mass is 514 g/mol. The van der Waals surface area contributed by atoms with Gasteiger partial charge in [-0.2, -0.15) is 11.3 Å². The number of pyridine rings is 1. The van der Waals surface area contributed by atoms with Crippen LogP contribution in [-0.2, 0) is 9.47 Å². The van der Waals surface area contributed by atoms with Gasteiger partial charge in [0.15, 0.2) is 5.43 Å². The third-order valence-electron chi connectivity index (χ3n) is 6.62. The van der Waals surface area contributed by atoms with Crippen molar-refractivity contribution in [1.82, 2.24) is 10.3 Å². The van der Waals surface area contributed by atoms with Gasteiger partial charge in [-0.1, -0.05) is 18.7 Å². The minimum Gasteiger partial charge on any atom is -0.497 e. The lowest BCUT2D eigenvalue weighted by Gasteiger charge is -2.12. The Kier molecular flexibility index (Phi) is 9.09. The molecule has 0 spiro atoms. The molecule has 2 aromatic heterocycles. The highest BCUT2D eigenvalue weighted by Gasteiger charge is 2.13. The van der Waals surface area contributed by atoms with Gasteiger partial charge in [-0.15, -0.1) is 0 Å². The first kappa shape index (κ1) is 26.6. The zero-order valence-electron chi connectivity index (χ0n) is 21.8. The summed E-state index contributed by atoms with van der Waals surface area (Å²) in [5, 5.41) is 8.18. The Morgan fingerprint density at radius 2 is 2.08 bits per heavy atom. The fourth-order valence-electron chi connectivity index (χ4n) is 4.68. The molecule has 0 saturated carbocycles. The number of ether oxygens (including phenoxy) is 2. The molecule has 0 radical (unpaired) electrons. The maximum atomic E-state index is 13.7. The molecule has 1 N–H and O–H groups in total. The Hall–Kier alpha value is -3.48. The van der Waals surface area contributed by atoms with Crippen LogP contribution in [0.1, 0.15) is 43.7 Å². The molecule has 0 fully saturated rings. The third kappa shape index (κ3) is 6.45. The van der Waals surface area contributed by atoms with E-state index in [1.165, 1.54) is 11.1 Å². The van der Waals surface area contributed by atoms with Crippen molar-refractivity contribution in [1.29, 1.82) is 0 Å². The highest BCUT2D eigenvalue weighted by molar-refractivity contribution is 7.08. The van der Waals surface area contributed by atoms with E-state index < -0.39 is 0 Å². The Labute approximate surface area is 222 Å². The number of hydrogen-bond acceptors (Lipinski definition) is 6.